The fraction of sp³-hybridized carbons (Fsp3) is 0.286. The van der Waals surface area contributed by atoms with Gasteiger partial charge in [-0.2, -0.15) is 0 Å². The Morgan fingerprint density at radius 1 is 1.40 bits per heavy atom. The molecule has 0 atom stereocenters. The predicted molar refractivity (Wildman–Crippen MR) is 86.4 cm³/mol. The second-order valence-electron chi connectivity index (χ2n) is 5.47. The number of benzene rings is 1. The van der Waals surface area contributed by atoms with Crippen molar-refractivity contribution in [3.05, 3.63) is 40.7 Å². The Balaban J connectivity index is 2.20. The lowest BCUT2D eigenvalue weighted by molar-refractivity contribution is 0.573. The number of thiocarbonyl (C=S) groups is 1. The van der Waals surface area contributed by atoms with Gasteiger partial charge in [0.25, 0.3) is 0 Å². The molecule has 3 nitrogen and oxygen atoms in total. The fourth-order valence-corrected chi connectivity index (χ4v) is 2.71. The van der Waals surface area contributed by atoms with Gasteiger partial charge in [-0.15, -0.1) is 11.3 Å². The minimum absolute atomic E-state index is 0.00270. The molecule has 0 saturated heterocycles. The summed E-state index contributed by atoms with van der Waals surface area (Å²) in [6, 6.07) is 4.67. The summed E-state index contributed by atoms with van der Waals surface area (Å²) in [7, 11) is 0. The zero-order chi connectivity index (χ0) is 14.9. The Labute approximate surface area is 127 Å². The van der Waals surface area contributed by atoms with E-state index in [4.69, 9.17) is 18.0 Å². The SMILES string of the molecule is CC(C)(C)c1csc(Nc2ccc(C(N)=S)c(F)c2)n1. The molecule has 3 N–H and O–H groups in total. The summed E-state index contributed by atoms with van der Waals surface area (Å²) >= 11 is 6.27. The van der Waals surface area contributed by atoms with Gasteiger partial charge in [0.15, 0.2) is 5.13 Å². The Hall–Kier alpha value is -1.53. The topological polar surface area (TPSA) is 50.9 Å². The summed E-state index contributed by atoms with van der Waals surface area (Å²) in [6.45, 7) is 6.30. The summed E-state index contributed by atoms with van der Waals surface area (Å²) in [5.41, 5.74) is 7.30. The van der Waals surface area contributed by atoms with Crippen LogP contribution in [-0.2, 0) is 5.41 Å². The highest BCUT2D eigenvalue weighted by Gasteiger charge is 2.17. The van der Waals surface area contributed by atoms with E-state index in [-0.39, 0.29) is 16.0 Å². The number of nitrogens with one attached hydrogen (secondary N) is 1. The van der Waals surface area contributed by atoms with E-state index in [0.717, 1.165) is 10.8 Å². The molecule has 0 amide bonds. The molecule has 1 aromatic carbocycles. The minimum Gasteiger partial charge on any atom is -0.389 e. The first kappa shape index (κ1) is 14.9. The van der Waals surface area contributed by atoms with E-state index in [1.165, 1.54) is 17.4 Å². The van der Waals surface area contributed by atoms with E-state index in [0.29, 0.717) is 5.69 Å². The molecule has 106 valence electrons. The van der Waals surface area contributed by atoms with Crippen molar-refractivity contribution in [1.82, 2.24) is 4.98 Å². The Bertz CT molecular complexity index is 644. The van der Waals surface area contributed by atoms with Crippen LogP contribution in [0.1, 0.15) is 32.0 Å². The molecule has 2 rings (SSSR count). The molecule has 20 heavy (non-hydrogen) atoms. The average Bonchev–Trinajstić information content (AvgIpc) is 2.76. The summed E-state index contributed by atoms with van der Waals surface area (Å²) < 4.78 is 13.8. The maximum Gasteiger partial charge on any atom is 0.187 e. The smallest absolute Gasteiger partial charge is 0.187 e. The van der Waals surface area contributed by atoms with Crippen molar-refractivity contribution < 1.29 is 4.39 Å². The first-order chi connectivity index (χ1) is 9.27. The standard InChI is InChI=1S/C14H16FN3S2/c1-14(2,3)11-7-20-13(18-11)17-8-4-5-9(12(16)19)10(15)6-8/h4-7H,1-3H3,(H2,16,19)(H,17,18). The van der Waals surface area contributed by atoms with Gasteiger partial charge in [0.2, 0.25) is 0 Å². The van der Waals surface area contributed by atoms with Gasteiger partial charge in [-0.1, -0.05) is 33.0 Å². The van der Waals surface area contributed by atoms with Gasteiger partial charge in [-0.25, -0.2) is 9.37 Å². The highest BCUT2D eigenvalue weighted by atomic mass is 32.1. The van der Waals surface area contributed by atoms with Gasteiger partial charge in [-0.3, -0.25) is 0 Å². The maximum absolute atomic E-state index is 13.8. The van der Waals surface area contributed by atoms with Crippen molar-refractivity contribution in [1.29, 1.82) is 0 Å². The zero-order valence-corrected chi connectivity index (χ0v) is 13.2. The fourth-order valence-electron chi connectivity index (χ4n) is 1.59. The van der Waals surface area contributed by atoms with E-state index in [1.807, 2.05) is 5.38 Å². The number of rotatable bonds is 3. The lowest BCUT2D eigenvalue weighted by atomic mass is 9.93. The first-order valence-corrected chi connectivity index (χ1v) is 7.38. The Kier molecular flexibility index (Phi) is 4.06. The van der Waals surface area contributed by atoms with E-state index in [1.54, 1.807) is 12.1 Å². The molecule has 0 bridgehead atoms. The van der Waals surface area contributed by atoms with Gasteiger partial charge in [0.05, 0.1) is 5.69 Å². The van der Waals surface area contributed by atoms with Crippen LogP contribution in [0.2, 0.25) is 0 Å². The van der Waals surface area contributed by atoms with E-state index >= 15 is 0 Å². The van der Waals surface area contributed by atoms with Crippen LogP contribution in [0.4, 0.5) is 15.2 Å². The average molecular weight is 309 g/mol. The number of halogens is 1. The molecule has 0 unspecified atom stereocenters. The molecule has 0 aliphatic carbocycles. The Morgan fingerprint density at radius 3 is 2.60 bits per heavy atom. The second-order valence-corrected chi connectivity index (χ2v) is 6.77. The molecular formula is C14H16FN3S2. The molecule has 0 saturated carbocycles. The molecule has 0 spiro atoms. The van der Waals surface area contributed by atoms with E-state index in [9.17, 15) is 4.39 Å². The zero-order valence-electron chi connectivity index (χ0n) is 11.5. The molecule has 1 aromatic heterocycles. The van der Waals surface area contributed by atoms with Gasteiger partial charge in [-0.05, 0) is 18.2 Å². The highest BCUT2D eigenvalue weighted by Crippen LogP contribution is 2.28. The number of hydrogen-bond donors (Lipinski definition) is 2. The third-order valence-corrected chi connectivity index (χ3v) is 3.74. The molecule has 0 radical (unpaired) electrons. The second kappa shape index (κ2) is 5.46. The third-order valence-electron chi connectivity index (χ3n) is 2.76. The summed E-state index contributed by atoms with van der Waals surface area (Å²) in [6.07, 6.45) is 0. The number of anilines is 2. The van der Waals surface area contributed by atoms with Crippen molar-refractivity contribution in [3.63, 3.8) is 0 Å². The molecule has 0 aliphatic heterocycles. The predicted octanol–water partition coefficient (Wildman–Crippen LogP) is 3.96. The maximum atomic E-state index is 13.8. The normalized spacial score (nSPS) is 11.4. The van der Waals surface area contributed by atoms with Crippen molar-refractivity contribution in [2.45, 2.75) is 26.2 Å². The lowest BCUT2D eigenvalue weighted by Crippen LogP contribution is -2.12. The molecular weight excluding hydrogens is 293 g/mol. The molecule has 0 aliphatic rings. The summed E-state index contributed by atoms with van der Waals surface area (Å²) in [5, 5.41) is 5.82. The number of hydrogen-bond acceptors (Lipinski definition) is 4. The molecule has 1 heterocycles. The first-order valence-electron chi connectivity index (χ1n) is 6.10. The van der Waals surface area contributed by atoms with Crippen LogP contribution in [0.25, 0.3) is 0 Å². The third kappa shape index (κ3) is 3.32. The monoisotopic (exact) mass is 309 g/mol. The van der Waals surface area contributed by atoms with Crippen LogP contribution in [0.3, 0.4) is 0 Å². The minimum atomic E-state index is -0.435. The van der Waals surface area contributed by atoms with Crippen molar-refractivity contribution in [2.24, 2.45) is 5.73 Å². The van der Waals surface area contributed by atoms with Crippen LogP contribution in [0.15, 0.2) is 23.6 Å². The van der Waals surface area contributed by atoms with Crippen molar-refractivity contribution in [2.75, 3.05) is 5.32 Å². The highest BCUT2D eigenvalue weighted by molar-refractivity contribution is 7.80. The number of nitrogens with zero attached hydrogens (tertiary/aromatic N) is 1. The summed E-state index contributed by atoms with van der Waals surface area (Å²) in [4.78, 5) is 4.55. The number of nitrogens with two attached hydrogens (primary N) is 1. The van der Waals surface area contributed by atoms with Gasteiger partial charge < -0.3 is 11.1 Å². The van der Waals surface area contributed by atoms with Gasteiger partial charge >= 0.3 is 0 Å². The molecule has 6 heteroatoms. The van der Waals surface area contributed by atoms with Crippen LogP contribution in [0, 0.1) is 5.82 Å². The van der Waals surface area contributed by atoms with Gasteiger partial charge in [0, 0.05) is 22.0 Å². The van der Waals surface area contributed by atoms with Crippen molar-refractivity contribution in [3.8, 4) is 0 Å². The molecule has 2 aromatic rings. The van der Waals surface area contributed by atoms with Crippen LogP contribution < -0.4 is 11.1 Å². The van der Waals surface area contributed by atoms with E-state index < -0.39 is 5.82 Å². The van der Waals surface area contributed by atoms with Gasteiger partial charge in [0.1, 0.15) is 10.8 Å². The van der Waals surface area contributed by atoms with Crippen molar-refractivity contribution >= 4 is 39.4 Å². The van der Waals surface area contributed by atoms with Crippen LogP contribution in [-0.4, -0.2) is 9.97 Å². The molecule has 0 fully saturated rings. The van der Waals surface area contributed by atoms with Crippen LogP contribution in [0.5, 0.6) is 0 Å². The number of thiazole rings is 1. The summed E-state index contributed by atoms with van der Waals surface area (Å²) in [5.74, 6) is -0.435. The van der Waals surface area contributed by atoms with E-state index in [2.05, 4.69) is 31.1 Å². The van der Waals surface area contributed by atoms with Crippen LogP contribution >= 0.6 is 23.6 Å². The Morgan fingerprint density at radius 2 is 2.10 bits per heavy atom. The largest absolute Gasteiger partial charge is 0.389 e. The quantitative estimate of drug-likeness (QED) is 0.843. The number of aromatic nitrogens is 1. The lowest BCUT2D eigenvalue weighted by Gasteiger charge is -2.14.